The van der Waals surface area contributed by atoms with Crippen molar-refractivity contribution < 1.29 is 14.3 Å². The Morgan fingerprint density at radius 1 is 1.22 bits per heavy atom. The summed E-state index contributed by atoms with van der Waals surface area (Å²) in [6.07, 6.45) is 4.72. The van der Waals surface area contributed by atoms with E-state index in [-0.39, 0.29) is 18.1 Å². The number of rotatable bonds is 7. The minimum atomic E-state index is -0.264. The fourth-order valence-corrected chi connectivity index (χ4v) is 4.05. The molecule has 3 atom stereocenters. The molecule has 0 aromatic rings. The van der Waals surface area contributed by atoms with Crippen LogP contribution < -0.4 is 5.32 Å². The first kappa shape index (κ1) is 17.1. The van der Waals surface area contributed by atoms with Gasteiger partial charge in [0.1, 0.15) is 6.10 Å². The van der Waals surface area contributed by atoms with Crippen LogP contribution in [0.25, 0.3) is 0 Å². The van der Waals surface area contributed by atoms with Gasteiger partial charge < -0.3 is 19.7 Å². The van der Waals surface area contributed by atoms with Crippen molar-refractivity contribution in [1.29, 1.82) is 0 Å². The van der Waals surface area contributed by atoms with Crippen LogP contribution in [0.15, 0.2) is 0 Å². The molecule has 0 bridgehead atoms. The molecule has 1 N–H and O–H groups in total. The Labute approximate surface area is 139 Å². The minimum absolute atomic E-state index is 0.0278. The maximum atomic E-state index is 12.1. The number of methoxy groups -OCH3 is 1. The third-order valence-corrected chi connectivity index (χ3v) is 5.46. The average molecular weight is 325 g/mol. The van der Waals surface area contributed by atoms with Gasteiger partial charge in [-0.05, 0) is 51.2 Å². The number of carbonyl (C=O) groups excluding carboxylic acids is 1. The second kappa shape index (κ2) is 8.42. The van der Waals surface area contributed by atoms with Gasteiger partial charge in [0.25, 0.3) is 0 Å². The van der Waals surface area contributed by atoms with Gasteiger partial charge in [-0.1, -0.05) is 0 Å². The van der Waals surface area contributed by atoms with Crippen molar-refractivity contribution in [3.63, 3.8) is 0 Å². The number of amides is 1. The lowest BCUT2D eigenvalue weighted by Crippen LogP contribution is -2.45. The number of nitrogens with one attached hydrogen (secondary N) is 1. The third-order valence-electron chi connectivity index (χ3n) is 5.46. The zero-order valence-electron chi connectivity index (χ0n) is 14.3. The zero-order chi connectivity index (χ0) is 16.1. The lowest BCUT2D eigenvalue weighted by Gasteiger charge is -2.34. The summed E-state index contributed by atoms with van der Waals surface area (Å²) in [6, 6.07) is 0. The van der Waals surface area contributed by atoms with Gasteiger partial charge >= 0.3 is 0 Å². The summed E-state index contributed by atoms with van der Waals surface area (Å²) in [5, 5.41) is 2.90. The van der Waals surface area contributed by atoms with Gasteiger partial charge in [0.2, 0.25) is 5.91 Å². The van der Waals surface area contributed by atoms with Gasteiger partial charge in [-0.25, -0.2) is 0 Å². The van der Waals surface area contributed by atoms with E-state index in [1.807, 2.05) is 0 Å². The van der Waals surface area contributed by atoms with E-state index in [1.165, 1.54) is 32.5 Å². The molecule has 1 amide bonds. The van der Waals surface area contributed by atoms with E-state index in [0.29, 0.717) is 19.1 Å². The lowest BCUT2D eigenvalue weighted by molar-refractivity contribution is -0.133. The summed E-state index contributed by atoms with van der Waals surface area (Å²) in [5.74, 6) is 0.580. The Morgan fingerprint density at radius 2 is 2.00 bits per heavy atom. The molecule has 0 radical (unpaired) electrons. The van der Waals surface area contributed by atoms with Gasteiger partial charge in [0.05, 0.1) is 12.7 Å². The SMILES string of the molecule is COCCNC(=O)[C@@H]1C[C@@H]2CCN(CCN3CCCC3)C[C@H]2O1. The highest BCUT2D eigenvalue weighted by Crippen LogP contribution is 2.33. The van der Waals surface area contributed by atoms with Crippen LogP contribution in [0.4, 0.5) is 0 Å². The number of hydrogen-bond acceptors (Lipinski definition) is 5. The summed E-state index contributed by atoms with van der Waals surface area (Å²) in [5.41, 5.74) is 0. The highest BCUT2D eigenvalue weighted by molar-refractivity contribution is 5.81. The molecular formula is C17H31N3O3. The number of fused-ring (bicyclic) bond motifs is 1. The molecule has 3 aliphatic heterocycles. The fourth-order valence-electron chi connectivity index (χ4n) is 4.05. The molecule has 6 nitrogen and oxygen atoms in total. The van der Waals surface area contributed by atoms with Gasteiger partial charge in [0.15, 0.2) is 0 Å². The lowest BCUT2D eigenvalue weighted by atomic mass is 9.91. The Balaban J connectivity index is 1.39. The summed E-state index contributed by atoms with van der Waals surface area (Å²) >= 11 is 0. The molecule has 0 spiro atoms. The molecule has 3 rings (SSSR count). The van der Waals surface area contributed by atoms with Crippen molar-refractivity contribution in [3.05, 3.63) is 0 Å². The quantitative estimate of drug-likeness (QED) is 0.684. The van der Waals surface area contributed by atoms with Gasteiger partial charge in [0, 0.05) is 33.3 Å². The molecule has 0 aromatic carbocycles. The molecule has 0 saturated carbocycles. The smallest absolute Gasteiger partial charge is 0.249 e. The van der Waals surface area contributed by atoms with Crippen molar-refractivity contribution in [2.24, 2.45) is 5.92 Å². The standard InChI is InChI=1S/C17H31N3O3/c1-22-11-5-18-17(21)15-12-14-4-8-20(13-16(14)23-15)10-9-19-6-2-3-7-19/h14-16H,2-13H2,1H3,(H,18,21)/t14-,15-,16+/m0/s1. The first-order valence-corrected chi connectivity index (χ1v) is 9.13. The van der Waals surface area contributed by atoms with E-state index in [9.17, 15) is 4.79 Å². The van der Waals surface area contributed by atoms with Gasteiger partial charge in [-0.15, -0.1) is 0 Å². The Hall–Kier alpha value is -0.690. The van der Waals surface area contributed by atoms with E-state index in [1.54, 1.807) is 7.11 Å². The third kappa shape index (κ3) is 4.66. The average Bonchev–Trinajstić information content (AvgIpc) is 3.21. The number of likely N-dealkylation sites (tertiary alicyclic amines) is 2. The second-order valence-electron chi connectivity index (χ2n) is 7.08. The molecule has 132 valence electrons. The highest BCUT2D eigenvalue weighted by Gasteiger charge is 2.41. The number of carbonyl (C=O) groups is 1. The number of ether oxygens (including phenoxy) is 2. The molecule has 23 heavy (non-hydrogen) atoms. The zero-order valence-corrected chi connectivity index (χ0v) is 14.3. The number of nitrogens with zero attached hydrogens (tertiary/aromatic N) is 2. The fraction of sp³-hybridized carbons (Fsp3) is 0.941. The largest absolute Gasteiger partial charge is 0.383 e. The van der Waals surface area contributed by atoms with Crippen LogP contribution in [0.3, 0.4) is 0 Å². The summed E-state index contributed by atoms with van der Waals surface area (Å²) in [6.45, 7) is 8.09. The van der Waals surface area contributed by atoms with Crippen LogP contribution in [-0.4, -0.2) is 87.4 Å². The maximum Gasteiger partial charge on any atom is 0.249 e. The van der Waals surface area contributed by atoms with Crippen molar-refractivity contribution in [3.8, 4) is 0 Å². The monoisotopic (exact) mass is 325 g/mol. The number of hydrogen-bond donors (Lipinski definition) is 1. The topological polar surface area (TPSA) is 54.0 Å². The summed E-state index contributed by atoms with van der Waals surface area (Å²) in [4.78, 5) is 17.2. The van der Waals surface area contributed by atoms with E-state index < -0.39 is 0 Å². The van der Waals surface area contributed by atoms with E-state index in [2.05, 4.69) is 15.1 Å². The first-order chi connectivity index (χ1) is 11.3. The van der Waals surface area contributed by atoms with Crippen LogP contribution in [0.5, 0.6) is 0 Å². The maximum absolute atomic E-state index is 12.1. The van der Waals surface area contributed by atoms with Crippen LogP contribution in [-0.2, 0) is 14.3 Å². The van der Waals surface area contributed by atoms with E-state index >= 15 is 0 Å². The normalized spacial score (nSPS) is 32.1. The van der Waals surface area contributed by atoms with Crippen molar-refractivity contribution in [1.82, 2.24) is 15.1 Å². The summed E-state index contributed by atoms with van der Waals surface area (Å²) < 4.78 is 11.0. The molecular weight excluding hydrogens is 294 g/mol. The minimum Gasteiger partial charge on any atom is -0.383 e. The van der Waals surface area contributed by atoms with Gasteiger partial charge in [-0.3, -0.25) is 9.69 Å². The molecule has 3 aliphatic rings. The molecule has 0 unspecified atom stereocenters. The predicted octanol–water partition coefficient (Wildman–Crippen LogP) is 0.324. The highest BCUT2D eigenvalue weighted by atomic mass is 16.5. The predicted molar refractivity (Wildman–Crippen MR) is 88.4 cm³/mol. The van der Waals surface area contributed by atoms with E-state index in [0.717, 1.165) is 32.5 Å². The first-order valence-electron chi connectivity index (χ1n) is 9.13. The molecule has 0 aromatic heterocycles. The van der Waals surface area contributed by atoms with Crippen molar-refractivity contribution in [2.45, 2.75) is 37.9 Å². The van der Waals surface area contributed by atoms with E-state index in [4.69, 9.17) is 9.47 Å². The molecule has 0 aliphatic carbocycles. The van der Waals surface area contributed by atoms with Crippen molar-refractivity contribution >= 4 is 5.91 Å². The summed E-state index contributed by atoms with van der Waals surface area (Å²) in [7, 11) is 1.64. The molecule has 3 saturated heterocycles. The molecule has 3 fully saturated rings. The van der Waals surface area contributed by atoms with Crippen LogP contribution >= 0.6 is 0 Å². The molecule has 6 heteroatoms. The Kier molecular flexibility index (Phi) is 6.28. The van der Waals surface area contributed by atoms with Crippen LogP contribution in [0.1, 0.15) is 25.7 Å². The van der Waals surface area contributed by atoms with Crippen LogP contribution in [0, 0.1) is 5.92 Å². The Bertz CT molecular complexity index is 387. The second-order valence-corrected chi connectivity index (χ2v) is 7.08. The van der Waals surface area contributed by atoms with Gasteiger partial charge in [-0.2, -0.15) is 0 Å². The van der Waals surface area contributed by atoms with Crippen LogP contribution in [0.2, 0.25) is 0 Å². The Morgan fingerprint density at radius 3 is 2.78 bits per heavy atom. The molecule has 3 heterocycles. The van der Waals surface area contributed by atoms with Crippen molar-refractivity contribution in [2.75, 3.05) is 59.5 Å². The number of piperidine rings is 1.